The van der Waals surface area contributed by atoms with E-state index in [2.05, 4.69) is 0 Å². The SMILES string of the molecule is CCOCC.[Al+3].[H-].[H-].[H-].[LiH]. The number of ether oxygens (including phenoxy) is 1. The van der Waals surface area contributed by atoms with Crippen molar-refractivity contribution in [2.75, 3.05) is 13.2 Å². The molecule has 0 bridgehead atoms. The molecule has 0 saturated heterocycles. The molecule has 0 aromatic heterocycles. The van der Waals surface area contributed by atoms with Crippen LogP contribution in [-0.4, -0.2) is 49.4 Å². The van der Waals surface area contributed by atoms with Crippen LogP contribution in [0.3, 0.4) is 0 Å². The van der Waals surface area contributed by atoms with Gasteiger partial charge in [0.05, 0.1) is 0 Å². The predicted octanol–water partition coefficient (Wildman–Crippen LogP) is 0.351. The Morgan fingerprint density at radius 2 is 1.57 bits per heavy atom. The molecule has 0 aromatic rings. The van der Waals surface area contributed by atoms with Gasteiger partial charge in [-0.3, -0.25) is 0 Å². The van der Waals surface area contributed by atoms with Gasteiger partial charge in [0.25, 0.3) is 0 Å². The standard InChI is InChI=1S/C4H10O.Al.Li.4H/c1-3-5-4-2;;;;;;/h3-4H2,1-2H3;;;;;;/q;+3;;;3*-1. The Hall–Kier alpha value is 1.09. The summed E-state index contributed by atoms with van der Waals surface area (Å²) in [5.74, 6) is 0. The summed E-state index contributed by atoms with van der Waals surface area (Å²) in [7, 11) is 0. The van der Waals surface area contributed by atoms with Crippen LogP contribution in [0.5, 0.6) is 0 Å². The fourth-order valence-corrected chi connectivity index (χ4v) is 0.204. The summed E-state index contributed by atoms with van der Waals surface area (Å²) in [4.78, 5) is 0. The van der Waals surface area contributed by atoms with Crippen molar-refractivity contribution in [3.05, 3.63) is 0 Å². The average molecular weight is 112 g/mol. The van der Waals surface area contributed by atoms with Gasteiger partial charge in [0, 0.05) is 13.2 Å². The molecule has 0 N–H and O–H groups in total. The second-order valence-corrected chi connectivity index (χ2v) is 0.781. The van der Waals surface area contributed by atoms with Crippen molar-refractivity contribution in [2.45, 2.75) is 13.8 Å². The van der Waals surface area contributed by atoms with Crippen LogP contribution < -0.4 is 0 Å². The molecule has 0 aromatic carbocycles. The van der Waals surface area contributed by atoms with Crippen LogP contribution in [0.25, 0.3) is 0 Å². The molecule has 0 heterocycles. The Balaban J connectivity index is -0.00000000800. The van der Waals surface area contributed by atoms with Crippen molar-refractivity contribution >= 4 is 36.2 Å². The summed E-state index contributed by atoms with van der Waals surface area (Å²) in [5.41, 5.74) is 0. The molecule has 40 valence electrons. The first-order valence-electron chi connectivity index (χ1n) is 1.99. The number of rotatable bonds is 2. The first-order chi connectivity index (χ1) is 2.41. The molecule has 0 aliphatic heterocycles. The molecule has 3 heteroatoms. The van der Waals surface area contributed by atoms with Crippen molar-refractivity contribution in [2.24, 2.45) is 0 Å². The molecule has 0 unspecified atom stereocenters. The van der Waals surface area contributed by atoms with Crippen LogP contribution in [0.15, 0.2) is 0 Å². The Morgan fingerprint density at radius 3 is 1.57 bits per heavy atom. The van der Waals surface area contributed by atoms with Gasteiger partial charge < -0.3 is 9.02 Å². The third-order valence-electron chi connectivity index (χ3n) is 0.408. The molecule has 1 nitrogen and oxygen atoms in total. The fourth-order valence-electron chi connectivity index (χ4n) is 0.204. The third kappa shape index (κ3) is 19.2. The van der Waals surface area contributed by atoms with E-state index in [4.69, 9.17) is 4.74 Å². The van der Waals surface area contributed by atoms with Gasteiger partial charge in [-0.2, -0.15) is 0 Å². The topological polar surface area (TPSA) is 9.23 Å². The first kappa shape index (κ1) is 15.7. The molecule has 0 rings (SSSR count). The number of hydrogen-bond donors (Lipinski definition) is 0. The molecular weight excluding hydrogens is 98.0 g/mol. The second kappa shape index (κ2) is 15.7. The van der Waals surface area contributed by atoms with Crippen LogP contribution in [0.1, 0.15) is 18.1 Å². The van der Waals surface area contributed by atoms with Crippen molar-refractivity contribution in [1.29, 1.82) is 0 Å². The Morgan fingerprint density at radius 1 is 1.29 bits per heavy atom. The van der Waals surface area contributed by atoms with E-state index in [1.165, 1.54) is 0 Å². The Labute approximate surface area is 72.6 Å². The van der Waals surface area contributed by atoms with Gasteiger partial charge in [-0.1, -0.05) is 0 Å². The van der Waals surface area contributed by atoms with Gasteiger partial charge in [0.1, 0.15) is 0 Å². The summed E-state index contributed by atoms with van der Waals surface area (Å²) in [6, 6.07) is 0. The van der Waals surface area contributed by atoms with E-state index in [1.54, 1.807) is 0 Å². The van der Waals surface area contributed by atoms with E-state index in [9.17, 15) is 0 Å². The monoisotopic (exact) mass is 112 g/mol. The zero-order valence-electron chi connectivity index (χ0n) is 7.40. The van der Waals surface area contributed by atoms with Gasteiger partial charge in [0.2, 0.25) is 0 Å². The van der Waals surface area contributed by atoms with E-state index >= 15 is 0 Å². The second-order valence-electron chi connectivity index (χ2n) is 0.781. The molecule has 0 atom stereocenters. The van der Waals surface area contributed by atoms with E-state index in [0.717, 1.165) is 13.2 Å². The van der Waals surface area contributed by atoms with E-state index < -0.39 is 0 Å². The fraction of sp³-hybridized carbons (Fsp3) is 1.00. The summed E-state index contributed by atoms with van der Waals surface area (Å²) in [5, 5.41) is 0. The minimum atomic E-state index is 0. The molecule has 7 heavy (non-hydrogen) atoms. The van der Waals surface area contributed by atoms with E-state index in [0.29, 0.717) is 0 Å². The van der Waals surface area contributed by atoms with Gasteiger partial charge >= 0.3 is 36.2 Å². The molecule has 0 aliphatic rings. The molecule has 0 saturated carbocycles. The van der Waals surface area contributed by atoms with Crippen molar-refractivity contribution < 1.29 is 9.02 Å². The number of hydrogen-bond acceptors (Lipinski definition) is 1. The van der Waals surface area contributed by atoms with Crippen LogP contribution in [0.4, 0.5) is 0 Å². The summed E-state index contributed by atoms with van der Waals surface area (Å²) < 4.78 is 4.83. The summed E-state index contributed by atoms with van der Waals surface area (Å²) >= 11 is 0. The maximum atomic E-state index is 4.83. The van der Waals surface area contributed by atoms with E-state index in [-0.39, 0.29) is 40.5 Å². The van der Waals surface area contributed by atoms with Gasteiger partial charge in [0.15, 0.2) is 0 Å². The zero-order chi connectivity index (χ0) is 4.12. The molecule has 0 aliphatic carbocycles. The van der Waals surface area contributed by atoms with Crippen molar-refractivity contribution in [3.8, 4) is 0 Å². The minimum absolute atomic E-state index is 0. The molecule has 0 fully saturated rings. The van der Waals surface area contributed by atoms with E-state index in [1.807, 2.05) is 13.8 Å². The van der Waals surface area contributed by atoms with Gasteiger partial charge in [-0.05, 0) is 13.8 Å². The molecule has 0 spiro atoms. The Kier molecular flexibility index (Phi) is 35.2. The maximum absolute atomic E-state index is 4.83. The van der Waals surface area contributed by atoms with Crippen LogP contribution >= 0.6 is 0 Å². The van der Waals surface area contributed by atoms with Crippen LogP contribution in [-0.2, 0) is 4.74 Å². The van der Waals surface area contributed by atoms with Gasteiger partial charge in [-0.25, -0.2) is 0 Å². The predicted molar refractivity (Wildman–Crippen MR) is 38.4 cm³/mol. The van der Waals surface area contributed by atoms with Crippen LogP contribution in [0, 0.1) is 0 Å². The molecule has 0 amide bonds. The quantitative estimate of drug-likeness (QED) is 0.468. The third-order valence-corrected chi connectivity index (χ3v) is 0.408. The zero-order valence-corrected chi connectivity index (χ0v) is 5.55. The van der Waals surface area contributed by atoms with Crippen molar-refractivity contribution in [3.63, 3.8) is 0 Å². The van der Waals surface area contributed by atoms with Crippen LogP contribution in [0.2, 0.25) is 0 Å². The van der Waals surface area contributed by atoms with Gasteiger partial charge in [-0.15, -0.1) is 0 Å². The molecular formula is C4H14AlLiO. The average Bonchev–Trinajstić information content (AvgIpc) is 1.41. The summed E-state index contributed by atoms with van der Waals surface area (Å²) in [6.45, 7) is 5.67. The first-order valence-corrected chi connectivity index (χ1v) is 1.99. The molecule has 0 radical (unpaired) electrons. The normalized spacial score (nSPS) is 6.00. The van der Waals surface area contributed by atoms with Crippen molar-refractivity contribution in [1.82, 2.24) is 0 Å². The summed E-state index contributed by atoms with van der Waals surface area (Å²) in [6.07, 6.45) is 0. The Bertz CT molecular complexity index is 28.0.